The summed E-state index contributed by atoms with van der Waals surface area (Å²) in [6, 6.07) is 1.55. The number of aromatic nitrogens is 2. The van der Waals surface area contributed by atoms with E-state index in [1.807, 2.05) is 0 Å². The van der Waals surface area contributed by atoms with E-state index in [1.54, 1.807) is 25.2 Å². The van der Waals surface area contributed by atoms with Gasteiger partial charge in [0.2, 0.25) is 0 Å². The van der Waals surface area contributed by atoms with Gasteiger partial charge in [-0.25, -0.2) is 15.0 Å². The van der Waals surface area contributed by atoms with Crippen LogP contribution in [-0.2, 0) is 0 Å². The van der Waals surface area contributed by atoms with Crippen LogP contribution in [0, 0.1) is 0 Å². The Morgan fingerprint density at radius 3 is 2.83 bits per heavy atom. The van der Waals surface area contributed by atoms with Gasteiger partial charge in [0.05, 0.1) is 0 Å². The highest BCUT2D eigenvalue weighted by Crippen LogP contribution is 1.89. The number of nitrogens with one attached hydrogen (secondary N) is 1. The molecule has 0 bridgehead atoms. The molecule has 1 heterocycles. The third kappa shape index (κ3) is 2.28. The van der Waals surface area contributed by atoms with Gasteiger partial charge in [-0.05, 0) is 6.07 Å². The van der Waals surface area contributed by atoms with Crippen molar-refractivity contribution < 1.29 is 4.79 Å². The minimum atomic E-state index is -0.234. The number of carbonyl (C=O) groups is 1. The van der Waals surface area contributed by atoms with Crippen molar-refractivity contribution >= 4 is 5.91 Å². The molecule has 0 fully saturated rings. The summed E-state index contributed by atoms with van der Waals surface area (Å²) in [6.45, 7) is 0. The molecule has 0 aliphatic heterocycles. The predicted octanol–water partition coefficient (Wildman–Crippen LogP) is -0.317. The molecule has 12 heavy (non-hydrogen) atoms. The molecule has 1 N–H and O–H groups in total. The summed E-state index contributed by atoms with van der Waals surface area (Å²) < 4.78 is 0. The quantitative estimate of drug-likeness (QED) is 0.612. The number of rotatable bonds is 2. The standard InChI is InChI=1S/C7H10N4O/c1-11(2)10-7(12)6-3-4-8-5-9-6/h3-5H,1-2H3,(H,10,12). The zero-order valence-corrected chi connectivity index (χ0v) is 6.98. The van der Waals surface area contributed by atoms with E-state index in [0.29, 0.717) is 5.69 Å². The van der Waals surface area contributed by atoms with Crippen molar-refractivity contribution in [3.63, 3.8) is 0 Å². The van der Waals surface area contributed by atoms with Gasteiger partial charge in [-0.2, -0.15) is 0 Å². The minimum Gasteiger partial charge on any atom is -0.284 e. The molecule has 0 aliphatic rings. The highest BCUT2D eigenvalue weighted by atomic mass is 16.2. The number of hydrazine groups is 1. The lowest BCUT2D eigenvalue weighted by atomic mass is 10.4. The molecule has 0 aliphatic carbocycles. The van der Waals surface area contributed by atoms with Gasteiger partial charge in [-0.15, -0.1) is 0 Å². The van der Waals surface area contributed by atoms with Crippen molar-refractivity contribution in [1.29, 1.82) is 0 Å². The molecular weight excluding hydrogens is 156 g/mol. The van der Waals surface area contributed by atoms with E-state index >= 15 is 0 Å². The maximum absolute atomic E-state index is 11.2. The van der Waals surface area contributed by atoms with E-state index in [1.165, 1.54) is 12.5 Å². The molecule has 0 spiro atoms. The molecule has 5 nitrogen and oxygen atoms in total. The number of amides is 1. The summed E-state index contributed by atoms with van der Waals surface area (Å²) in [5, 5.41) is 1.56. The van der Waals surface area contributed by atoms with Crippen LogP contribution >= 0.6 is 0 Å². The largest absolute Gasteiger partial charge is 0.284 e. The second-order valence-electron chi connectivity index (χ2n) is 2.43. The Balaban J connectivity index is 2.66. The Morgan fingerprint density at radius 2 is 2.33 bits per heavy atom. The lowest BCUT2D eigenvalue weighted by Crippen LogP contribution is -2.36. The first-order valence-electron chi connectivity index (χ1n) is 3.44. The van der Waals surface area contributed by atoms with Crippen molar-refractivity contribution in [2.24, 2.45) is 0 Å². The fourth-order valence-corrected chi connectivity index (χ4v) is 0.685. The molecular formula is C7H10N4O. The van der Waals surface area contributed by atoms with Crippen LogP contribution in [0.25, 0.3) is 0 Å². The summed E-state index contributed by atoms with van der Waals surface area (Å²) >= 11 is 0. The number of hydrogen-bond acceptors (Lipinski definition) is 4. The van der Waals surface area contributed by atoms with Gasteiger partial charge in [0.15, 0.2) is 0 Å². The first-order valence-corrected chi connectivity index (χ1v) is 3.44. The van der Waals surface area contributed by atoms with Gasteiger partial charge in [0.1, 0.15) is 12.0 Å². The molecule has 64 valence electrons. The molecule has 0 saturated heterocycles. The summed E-state index contributed by atoms with van der Waals surface area (Å²) in [5.41, 5.74) is 2.92. The van der Waals surface area contributed by atoms with Crippen molar-refractivity contribution in [3.8, 4) is 0 Å². The summed E-state index contributed by atoms with van der Waals surface area (Å²) in [6.07, 6.45) is 2.86. The first kappa shape index (κ1) is 8.61. The minimum absolute atomic E-state index is 0.234. The number of carbonyl (C=O) groups excluding carboxylic acids is 1. The fraction of sp³-hybridized carbons (Fsp3) is 0.286. The van der Waals surface area contributed by atoms with E-state index in [9.17, 15) is 4.79 Å². The molecule has 0 aromatic carbocycles. The van der Waals surface area contributed by atoms with Crippen LogP contribution in [0.15, 0.2) is 18.6 Å². The van der Waals surface area contributed by atoms with E-state index in [4.69, 9.17) is 0 Å². The summed E-state index contributed by atoms with van der Waals surface area (Å²) in [7, 11) is 3.47. The lowest BCUT2D eigenvalue weighted by molar-refractivity contribution is 0.0851. The average molecular weight is 166 g/mol. The zero-order chi connectivity index (χ0) is 8.97. The second kappa shape index (κ2) is 3.77. The first-order chi connectivity index (χ1) is 5.70. The predicted molar refractivity (Wildman–Crippen MR) is 43.2 cm³/mol. The molecule has 1 amide bonds. The van der Waals surface area contributed by atoms with Gasteiger partial charge in [-0.1, -0.05) is 0 Å². The van der Waals surface area contributed by atoms with E-state index < -0.39 is 0 Å². The monoisotopic (exact) mass is 166 g/mol. The summed E-state index contributed by atoms with van der Waals surface area (Å²) in [5.74, 6) is -0.234. The van der Waals surface area contributed by atoms with Crippen LogP contribution in [-0.4, -0.2) is 35.0 Å². The van der Waals surface area contributed by atoms with Crippen LogP contribution < -0.4 is 5.43 Å². The van der Waals surface area contributed by atoms with Crippen molar-refractivity contribution in [1.82, 2.24) is 20.4 Å². The summed E-state index contributed by atoms with van der Waals surface area (Å²) in [4.78, 5) is 18.7. The van der Waals surface area contributed by atoms with Crippen LogP contribution in [0.4, 0.5) is 0 Å². The van der Waals surface area contributed by atoms with Crippen molar-refractivity contribution in [3.05, 3.63) is 24.3 Å². The van der Waals surface area contributed by atoms with Crippen molar-refractivity contribution in [2.75, 3.05) is 14.1 Å². The molecule has 1 aromatic heterocycles. The topological polar surface area (TPSA) is 58.1 Å². The molecule has 0 atom stereocenters. The van der Waals surface area contributed by atoms with Crippen molar-refractivity contribution in [2.45, 2.75) is 0 Å². The Bertz CT molecular complexity index is 259. The molecule has 0 unspecified atom stereocenters. The van der Waals surface area contributed by atoms with Gasteiger partial charge < -0.3 is 0 Å². The van der Waals surface area contributed by atoms with Crippen LogP contribution in [0.5, 0.6) is 0 Å². The Morgan fingerprint density at radius 1 is 1.58 bits per heavy atom. The number of nitrogens with zero attached hydrogens (tertiary/aromatic N) is 3. The Kier molecular flexibility index (Phi) is 2.71. The van der Waals surface area contributed by atoms with Gasteiger partial charge in [-0.3, -0.25) is 10.2 Å². The van der Waals surface area contributed by atoms with Gasteiger partial charge in [0.25, 0.3) is 5.91 Å². The normalized spacial score (nSPS) is 9.92. The SMILES string of the molecule is CN(C)NC(=O)c1ccncn1. The van der Waals surface area contributed by atoms with Crippen LogP contribution in [0.3, 0.4) is 0 Å². The van der Waals surface area contributed by atoms with Gasteiger partial charge in [0, 0.05) is 20.3 Å². The molecule has 0 radical (unpaired) electrons. The highest BCUT2D eigenvalue weighted by Gasteiger charge is 2.05. The highest BCUT2D eigenvalue weighted by molar-refractivity contribution is 5.91. The van der Waals surface area contributed by atoms with Crippen LogP contribution in [0.1, 0.15) is 10.5 Å². The smallest absolute Gasteiger partial charge is 0.284 e. The van der Waals surface area contributed by atoms with E-state index in [-0.39, 0.29) is 5.91 Å². The Labute approximate surface area is 70.4 Å². The van der Waals surface area contributed by atoms with Crippen LogP contribution in [0.2, 0.25) is 0 Å². The van der Waals surface area contributed by atoms with Gasteiger partial charge >= 0.3 is 0 Å². The zero-order valence-electron chi connectivity index (χ0n) is 6.98. The molecule has 5 heteroatoms. The number of hydrogen-bond donors (Lipinski definition) is 1. The van der Waals surface area contributed by atoms with E-state index in [0.717, 1.165) is 0 Å². The maximum atomic E-state index is 11.2. The maximum Gasteiger partial charge on any atom is 0.284 e. The molecule has 1 aromatic rings. The molecule has 0 saturated carbocycles. The fourth-order valence-electron chi connectivity index (χ4n) is 0.685. The third-order valence-corrected chi connectivity index (χ3v) is 1.14. The van der Waals surface area contributed by atoms with E-state index in [2.05, 4.69) is 15.4 Å². The average Bonchev–Trinajstić information content (AvgIpc) is 2.05. The second-order valence-corrected chi connectivity index (χ2v) is 2.43. The lowest BCUT2D eigenvalue weighted by Gasteiger charge is -2.10. The third-order valence-electron chi connectivity index (χ3n) is 1.14. The Hall–Kier alpha value is -1.49. The molecule has 1 rings (SSSR count).